The summed E-state index contributed by atoms with van der Waals surface area (Å²) in [5.41, 5.74) is 0. The average Bonchev–Trinajstić information content (AvgIpc) is 1.85. The molecular weight excluding hydrogens is 238 g/mol. The van der Waals surface area contributed by atoms with Crippen molar-refractivity contribution < 1.29 is 18.9 Å². The lowest BCUT2D eigenvalue weighted by molar-refractivity contribution is 0.283. The minimum Gasteiger partial charge on any atom is -0.404 e. The maximum atomic E-state index is 10.3. The summed E-state index contributed by atoms with van der Waals surface area (Å²) in [6.45, 7) is 0. The Labute approximate surface area is 88.0 Å². The van der Waals surface area contributed by atoms with Crippen molar-refractivity contribution in [3.63, 3.8) is 0 Å². The quantitative estimate of drug-likeness (QED) is 0.784. The molecule has 0 amide bonds. The van der Waals surface area contributed by atoms with Gasteiger partial charge in [0.15, 0.2) is 0 Å². The molecule has 1 aromatic rings. The first-order valence-electron chi connectivity index (χ1n) is 2.88. The van der Waals surface area contributed by atoms with E-state index in [-0.39, 0.29) is 30.6 Å². The summed E-state index contributed by atoms with van der Waals surface area (Å²) in [4.78, 5) is 16.7. The molecule has 0 heterocycles. The molecule has 7 heteroatoms. The summed E-state index contributed by atoms with van der Waals surface area (Å²) in [5, 5.41) is 0. The van der Waals surface area contributed by atoms with Gasteiger partial charge in [-0.3, -0.25) is 9.79 Å². The van der Waals surface area contributed by atoms with Crippen molar-refractivity contribution in [3.05, 3.63) is 30.3 Å². The topological polar surface area (TPSA) is 66.8 Å². The molecule has 1 aromatic carbocycles. The van der Waals surface area contributed by atoms with Crippen LogP contribution in [0, 0.1) is 0 Å². The van der Waals surface area contributed by atoms with Crippen LogP contribution in [0.4, 0.5) is 0 Å². The standard InChI is InChI=1S/C6H7O4P.2ClH/c7-11(8,9)10-6-4-2-1-3-5-6;;/h1-5H,(H2,7,8,9);2*1H. The summed E-state index contributed by atoms with van der Waals surface area (Å²) in [6, 6.07) is 7.93. The Morgan fingerprint density at radius 3 is 1.92 bits per heavy atom. The average molecular weight is 247 g/mol. The van der Waals surface area contributed by atoms with Crippen LogP contribution >= 0.6 is 32.6 Å². The third-order valence-corrected chi connectivity index (χ3v) is 1.42. The van der Waals surface area contributed by atoms with Crippen LogP contribution in [0.15, 0.2) is 30.3 Å². The highest BCUT2D eigenvalue weighted by Gasteiger charge is 2.14. The minimum absolute atomic E-state index is 0. The number of phosphoric acid groups is 1. The maximum absolute atomic E-state index is 10.3. The Morgan fingerprint density at radius 1 is 1.08 bits per heavy atom. The third kappa shape index (κ3) is 6.87. The molecule has 0 unspecified atom stereocenters. The van der Waals surface area contributed by atoms with Gasteiger partial charge in [0.2, 0.25) is 0 Å². The lowest BCUT2D eigenvalue weighted by Gasteiger charge is -2.04. The van der Waals surface area contributed by atoms with Crippen molar-refractivity contribution in [3.8, 4) is 5.75 Å². The molecule has 0 saturated heterocycles. The van der Waals surface area contributed by atoms with E-state index in [2.05, 4.69) is 4.52 Å². The van der Waals surface area contributed by atoms with Crippen LogP contribution in [0.3, 0.4) is 0 Å². The summed E-state index contributed by atoms with van der Waals surface area (Å²) >= 11 is 0. The molecule has 0 atom stereocenters. The lowest BCUT2D eigenvalue weighted by Crippen LogP contribution is -1.88. The maximum Gasteiger partial charge on any atom is 0.524 e. The monoisotopic (exact) mass is 246 g/mol. The molecule has 76 valence electrons. The van der Waals surface area contributed by atoms with Gasteiger partial charge >= 0.3 is 7.82 Å². The Kier molecular flexibility index (Phi) is 7.31. The predicted molar refractivity (Wildman–Crippen MR) is 53.6 cm³/mol. The van der Waals surface area contributed by atoms with Crippen LogP contribution in [-0.4, -0.2) is 9.79 Å². The van der Waals surface area contributed by atoms with Crippen LogP contribution in [0.2, 0.25) is 0 Å². The number of rotatable bonds is 2. The van der Waals surface area contributed by atoms with Crippen molar-refractivity contribution in [2.75, 3.05) is 0 Å². The Morgan fingerprint density at radius 2 is 1.54 bits per heavy atom. The lowest BCUT2D eigenvalue weighted by atomic mass is 10.3. The second-order valence-electron chi connectivity index (χ2n) is 1.89. The summed E-state index contributed by atoms with van der Waals surface area (Å²) in [7, 11) is -4.39. The SMILES string of the molecule is Cl.Cl.O=P(O)(O)Oc1ccccc1. The summed E-state index contributed by atoms with van der Waals surface area (Å²) in [6.07, 6.45) is 0. The van der Waals surface area contributed by atoms with E-state index in [1.807, 2.05) is 0 Å². The van der Waals surface area contributed by atoms with Gasteiger partial charge in [-0.2, -0.15) is 0 Å². The van der Waals surface area contributed by atoms with E-state index in [1.54, 1.807) is 18.2 Å². The molecule has 4 nitrogen and oxygen atoms in total. The van der Waals surface area contributed by atoms with Gasteiger partial charge in [-0.1, -0.05) is 18.2 Å². The molecule has 0 spiro atoms. The van der Waals surface area contributed by atoms with E-state index in [0.717, 1.165) is 0 Å². The zero-order valence-electron chi connectivity index (χ0n) is 6.36. The van der Waals surface area contributed by atoms with Crippen LogP contribution in [0.5, 0.6) is 5.75 Å². The first-order valence-corrected chi connectivity index (χ1v) is 4.41. The summed E-state index contributed by atoms with van der Waals surface area (Å²) < 4.78 is 14.5. The number of hydrogen-bond donors (Lipinski definition) is 2. The highest BCUT2D eigenvalue weighted by molar-refractivity contribution is 7.46. The molecule has 0 aliphatic rings. The largest absolute Gasteiger partial charge is 0.524 e. The minimum atomic E-state index is -4.39. The second kappa shape index (κ2) is 6.24. The first-order chi connectivity index (χ1) is 5.08. The molecule has 2 N–H and O–H groups in total. The number of phosphoric ester groups is 1. The van der Waals surface area contributed by atoms with Gasteiger partial charge in [-0.05, 0) is 12.1 Å². The molecular formula is C6H9Cl2O4P. The van der Waals surface area contributed by atoms with Gasteiger partial charge in [-0.15, -0.1) is 24.8 Å². The van der Waals surface area contributed by atoms with Crippen molar-refractivity contribution in [2.24, 2.45) is 0 Å². The zero-order chi connectivity index (χ0) is 8.32. The van der Waals surface area contributed by atoms with Gasteiger partial charge in [0.05, 0.1) is 0 Å². The van der Waals surface area contributed by atoms with E-state index in [0.29, 0.717) is 0 Å². The predicted octanol–water partition coefficient (Wildman–Crippen LogP) is 2.00. The molecule has 0 fully saturated rings. The molecule has 1 rings (SSSR count). The Bertz CT molecular complexity index is 273. The fraction of sp³-hybridized carbons (Fsp3) is 0. The zero-order valence-corrected chi connectivity index (χ0v) is 8.89. The van der Waals surface area contributed by atoms with E-state index < -0.39 is 7.82 Å². The number of halogens is 2. The van der Waals surface area contributed by atoms with Crippen molar-refractivity contribution in [2.45, 2.75) is 0 Å². The van der Waals surface area contributed by atoms with E-state index in [4.69, 9.17) is 9.79 Å². The van der Waals surface area contributed by atoms with Gasteiger partial charge in [-0.25, -0.2) is 4.57 Å². The van der Waals surface area contributed by atoms with Crippen LogP contribution in [-0.2, 0) is 4.57 Å². The molecule has 0 bridgehead atoms. The Hall–Kier alpha value is -0.250. The third-order valence-electron chi connectivity index (χ3n) is 0.968. The first kappa shape index (κ1) is 15.2. The number of benzene rings is 1. The smallest absolute Gasteiger partial charge is 0.404 e. The van der Waals surface area contributed by atoms with Crippen molar-refractivity contribution in [1.82, 2.24) is 0 Å². The van der Waals surface area contributed by atoms with Crippen molar-refractivity contribution >= 4 is 32.6 Å². The highest BCUT2D eigenvalue weighted by Crippen LogP contribution is 2.36. The van der Waals surface area contributed by atoms with Crippen molar-refractivity contribution in [1.29, 1.82) is 0 Å². The van der Waals surface area contributed by atoms with E-state index in [1.165, 1.54) is 12.1 Å². The van der Waals surface area contributed by atoms with Gasteiger partial charge in [0.25, 0.3) is 0 Å². The molecule has 0 aromatic heterocycles. The van der Waals surface area contributed by atoms with Gasteiger partial charge < -0.3 is 4.52 Å². The van der Waals surface area contributed by atoms with E-state index in [9.17, 15) is 4.57 Å². The molecule has 0 aliphatic carbocycles. The summed E-state index contributed by atoms with van der Waals surface area (Å²) in [5.74, 6) is 0.167. The Balaban J connectivity index is 0. The van der Waals surface area contributed by atoms with Crippen LogP contribution in [0.1, 0.15) is 0 Å². The molecule has 13 heavy (non-hydrogen) atoms. The molecule has 0 saturated carbocycles. The van der Waals surface area contributed by atoms with Gasteiger partial charge in [0, 0.05) is 0 Å². The second-order valence-corrected chi connectivity index (χ2v) is 3.06. The van der Waals surface area contributed by atoms with Crippen LogP contribution in [0.25, 0.3) is 0 Å². The highest BCUT2D eigenvalue weighted by atomic mass is 35.5. The number of hydrogen-bond acceptors (Lipinski definition) is 2. The molecule has 0 radical (unpaired) electrons. The normalized spacial score (nSPS) is 9.38. The van der Waals surface area contributed by atoms with E-state index >= 15 is 0 Å². The fourth-order valence-electron chi connectivity index (χ4n) is 0.619. The number of para-hydroxylation sites is 1. The van der Waals surface area contributed by atoms with Gasteiger partial charge in [0.1, 0.15) is 5.75 Å². The fourth-order valence-corrected chi connectivity index (χ4v) is 1.02. The molecule has 0 aliphatic heterocycles. The van der Waals surface area contributed by atoms with Crippen LogP contribution < -0.4 is 4.52 Å².